The number of amides is 1. The Balaban J connectivity index is 1.66. The monoisotopic (exact) mass is 450 g/mol. The molecule has 0 saturated carbocycles. The number of rotatable bonds is 7. The third kappa shape index (κ3) is 6.26. The maximum atomic E-state index is 13.0. The van der Waals surface area contributed by atoms with Crippen molar-refractivity contribution in [3.8, 4) is 5.75 Å². The second-order valence-corrected chi connectivity index (χ2v) is 8.62. The second kappa shape index (κ2) is 9.77. The summed E-state index contributed by atoms with van der Waals surface area (Å²) in [5.74, 6) is 0.0511. The Kier molecular flexibility index (Phi) is 7.30. The van der Waals surface area contributed by atoms with Gasteiger partial charge in [0, 0.05) is 29.2 Å². The van der Waals surface area contributed by atoms with E-state index in [9.17, 15) is 18.0 Å². The van der Waals surface area contributed by atoms with Gasteiger partial charge in [-0.2, -0.15) is 0 Å². The summed E-state index contributed by atoms with van der Waals surface area (Å²) in [4.78, 5) is 20.0. The van der Waals surface area contributed by atoms with Crippen molar-refractivity contribution in [3.05, 3.63) is 66.5 Å². The molecule has 1 unspecified atom stereocenters. The molecule has 166 valence electrons. The minimum Gasteiger partial charge on any atom is -0.406 e. The maximum absolute atomic E-state index is 13.0. The van der Waals surface area contributed by atoms with Crippen molar-refractivity contribution in [1.82, 2.24) is 9.88 Å². The van der Waals surface area contributed by atoms with Crippen LogP contribution < -0.4 is 4.74 Å². The molecule has 0 N–H and O–H groups in total. The van der Waals surface area contributed by atoms with Crippen LogP contribution in [0.4, 0.5) is 13.2 Å². The third-order valence-corrected chi connectivity index (χ3v) is 6.51. The quantitative estimate of drug-likeness (QED) is 0.378. The van der Waals surface area contributed by atoms with Gasteiger partial charge in [-0.05, 0) is 49.6 Å². The zero-order valence-electron chi connectivity index (χ0n) is 17.3. The van der Waals surface area contributed by atoms with Crippen molar-refractivity contribution in [2.45, 2.75) is 43.2 Å². The number of piperidine rings is 1. The second-order valence-electron chi connectivity index (χ2n) is 7.58. The number of likely N-dealkylation sites (tertiary alicyclic amines) is 1. The van der Waals surface area contributed by atoms with Gasteiger partial charge in [0.1, 0.15) is 11.4 Å². The molecule has 1 amide bonds. The number of pyridine rings is 1. The number of carbonyl (C=O) groups excluding carboxylic acids is 1. The SMILES string of the molecule is C=CC1(CC)CCCN(C(=O)c2cccc(CSc3cccc(OC(F)(F)F)c3)n2)C1. The molecule has 0 radical (unpaired) electrons. The summed E-state index contributed by atoms with van der Waals surface area (Å²) in [7, 11) is 0. The Morgan fingerprint density at radius 1 is 1.32 bits per heavy atom. The maximum Gasteiger partial charge on any atom is 0.573 e. The molecule has 0 bridgehead atoms. The van der Waals surface area contributed by atoms with Crippen molar-refractivity contribution < 1.29 is 22.7 Å². The van der Waals surface area contributed by atoms with Gasteiger partial charge in [-0.3, -0.25) is 4.79 Å². The van der Waals surface area contributed by atoms with E-state index in [4.69, 9.17) is 0 Å². The number of benzene rings is 1. The number of thioether (sulfide) groups is 1. The highest BCUT2D eigenvalue weighted by Crippen LogP contribution is 2.35. The molecule has 3 rings (SSSR count). The first-order chi connectivity index (χ1) is 14.7. The van der Waals surface area contributed by atoms with E-state index >= 15 is 0 Å². The van der Waals surface area contributed by atoms with Gasteiger partial charge in [0.2, 0.25) is 0 Å². The first-order valence-corrected chi connectivity index (χ1v) is 11.1. The van der Waals surface area contributed by atoms with Crippen LogP contribution in [0.2, 0.25) is 0 Å². The number of hydrogen-bond donors (Lipinski definition) is 0. The fraction of sp³-hybridized carbons (Fsp3) is 0.391. The Morgan fingerprint density at radius 2 is 2.10 bits per heavy atom. The first kappa shape index (κ1) is 23.2. The summed E-state index contributed by atoms with van der Waals surface area (Å²) in [5.41, 5.74) is 1.01. The van der Waals surface area contributed by atoms with Crippen LogP contribution in [0.5, 0.6) is 5.75 Å². The van der Waals surface area contributed by atoms with E-state index < -0.39 is 6.36 Å². The molecule has 1 aliphatic rings. The number of alkyl halides is 3. The van der Waals surface area contributed by atoms with E-state index in [0.717, 1.165) is 19.3 Å². The molecular weight excluding hydrogens is 425 g/mol. The van der Waals surface area contributed by atoms with Crippen LogP contribution in [-0.4, -0.2) is 35.2 Å². The van der Waals surface area contributed by atoms with Gasteiger partial charge in [0.15, 0.2) is 0 Å². The molecule has 0 spiro atoms. The van der Waals surface area contributed by atoms with Gasteiger partial charge in [-0.1, -0.05) is 25.1 Å². The van der Waals surface area contributed by atoms with E-state index in [1.54, 1.807) is 24.3 Å². The summed E-state index contributed by atoms with van der Waals surface area (Å²) < 4.78 is 41.2. The predicted octanol–water partition coefficient (Wildman–Crippen LogP) is 6.09. The van der Waals surface area contributed by atoms with Crippen molar-refractivity contribution in [2.75, 3.05) is 13.1 Å². The number of halogens is 3. The molecule has 1 fully saturated rings. The largest absolute Gasteiger partial charge is 0.573 e. The number of aromatic nitrogens is 1. The van der Waals surface area contributed by atoms with E-state index in [1.807, 2.05) is 11.0 Å². The van der Waals surface area contributed by atoms with Crippen molar-refractivity contribution in [1.29, 1.82) is 0 Å². The predicted molar refractivity (Wildman–Crippen MR) is 115 cm³/mol. The topological polar surface area (TPSA) is 42.4 Å². The van der Waals surface area contributed by atoms with Crippen LogP contribution in [0.15, 0.2) is 60.0 Å². The summed E-state index contributed by atoms with van der Waals surface area (Å²) in [6, 6.07) is 11.1. The number of hydrogen-bond acceptors (Lipinski definition) is 4. The van der Waals surface area contributed by atoms with Crippen molar-refractivity contribution >= 4 is 17.7 Å². The fourth-order valence-electron chi connectivity index (χ4n) is 3.69. The summed E-state index contributed by atoms with van der Waals surface area (Å²) in [6.07, 6.45) is 0.121. The molecule has 2 heterocycles. The molecule has 8 heteroatoms. The van der Waals surface area contributed by atoms with Crippen LogP contribution in [0, 0.1) is 5.41 Å². The van der Waals surface area contributed by atoms with Gasteiger partial charge in [-0.15, -0.1) is 31.5 Å². The number of carbonyl (C=O) groups is 1. The number of ether oxygens (including phenoxy) is 1. The highest BCUT2D eigenvalue weighted by molar-refractivity contribution is 7.98. The highest BCUT2D eigenvalue weighted by atomic mass is 32.2. The van der Waals surface area contributed by atoms with Crippen LogP contribution in [-0.2, 0) is 5.75 Å². The zero-order chi connectivity index (χ0) is 22.5. The Bertz CT molecular complexity index is 935. The molecule has 0 aliphatic carbocycles. The van der Waals surface area contributed by atoms with Gasteiger partial charge >= 0.3 is 6.36 Å². The molecule has 31 heavy (non-hydrogen) atoms. The van der Waals surface area contributed by atoms with Gasteiger partial charge in [0.25, 0.3) is 5.91 Å². The first-order valence-electron chi connectivity index (χ1n) is 10.1. The summed E-state index contributed by atoms with van der Waals surface area (Å²) in [6.45, 7) is 7.40. The van der Waals surface area contributed by atoms with E-state index in [1.165, 1.54) is 30.0 Å². The highest BCUT2D eigenvalue weighted by Gasteiger charge is 2.34. The lowest BCUT2D eigenvalue weighted by Gasteiger charge is -2.40. The number of nitrogens with zero attached hydrogens (tertiary/aromatic N) is 2. The standard InChI is InChI=1S/C23H25F3N2O2S/c1-3-22(4-2)12-7-13-28(16-22)21(29)20-11-5-8-17(27-20)15-31-19-10-6-9-18(14-19)30-23(24,25)26/h3,5-6,8-11,14H,1,4,7,12-13,15-16H2,2H3. The molecule has 2 aromatic rings. The summed E-state index contributed by atoms with van der Waals surface area (Å²) in [5, 5.41) is 0. The molecule has 4 nitrogen and oxygen atoms in total. The fourth-order valence-corrected chi connectivity index (χ4v) is 4.54. The molecule has 1 aromatic carbocycles. The third-order valence-electron chi connectivity index (χ3n) is 5.48. The van der Waals surface area contributed by atoms with Crippen molar-refractivity contribution in [3.63, 3.8) is 0 Å². The van der Waals surface area contributed by atoms with Gasteiger partial charge < -0.3 is 9.64 Å². The van der Waals surface area contributed by atoms with Gasteiger partial charge in [-0.25, -0.2) is 4.98 Å². The average Bonchev–Trinajstić information content (AvgIpc) is 2.76. The van der Waals surface area contributed by atoms with E-state index in [0.29, 0.717) is 35.1 Å². The Hall–Kier alpha value is -2.48. The molecule has 1 aliphatic heterocycles. The van der Waals surface area contributed by atoms with Crippen LogP contribution in [0.1, 0.15) is 42.4 Å². The minimum absolute atomic E-state index is 0.0507. The molecular formula is C23H25F3N2O2S. The average molecular weight is 451 g/mol. The molecule has 1 aromatic heterocycles. The van der Waals surface area contributed by atoms with Crippen molar-refractivity contribution in [2.24, 2.45) is 5.41 Å². The smallest absolute Gasteiger partial charge is 0.406 e. The van der Waals surface area contributed by atoms with Gasteiger partial charge in [0.05, 0.1) is 5.69 Å². The molecule has 1 saturated heterocycles. The lowest BCUT2D eigenvalue weighted by Crippen LogP contribution is -2.45. The Labute approximate surface area is 184 Å². The lowest BCUT2D eigenvalue weighted by molar-refractivity contribution is -0.274. The van der Waals surface area contributed by atoms with Crippen LogP contribution in [0.3, 0.4) is 0 Å². The lowest BCUT2D eigenvalue weighted by atomic mass is 9.78. The summed E-state index contributed by atoms with van der Waals surface area (Å²) >= 11 is 1.33. The Morgan fingerprint density at radius 3 is 2.81 bits per heavy atom. The van der Waals surface area contributed by atoms with Crippen LogP contribution in [0.25, 0.3) is 0 Å². The van der Waals surface area contributed by atoms with E-state index in [-0.39, 0.29) is 17.1 Å². The minimum atomic E-state index is -4.73. The van der Waals surface area contributed by atoms with E-state index in [2.05, 4.69) is 23.2 Å². The zero-order valence-corrected chi connectivity index (χ0v) is 18.1. The normalized spacial score (nSPS) is 19.2. The molecule has 1 atom stereocenters. The van der Waals surface area contributed by atoms with Crippen LogP contribution >= 0.6 is 11.8 Å².